The number of carbonyl (C=O) groups excluding carboxylic acids is 1. The van der Waals surface area contributed by atoms with Gasteiger partial charge in [0.2, 0.25) is 0 Å². The Balaban J connectivity index is 1.65. The molecule has 7 nitrogen and oxygen atoms in total. The number of aliphatic carboxylic acids is 1. The summed E-state index contributed by atoms with van der Waals surface area (Å²) in [6.07, 6.45) is 4.95. The van der Waals surface area contributed by atoms with Crippen molar-refractivity contribution in [3.63, 3.8) is 0 Å². The van der Waals surface area contributed by atoms with Crippen LogP contribution in [0.5, 0.6) is 0 Å². The number of fused-ring (bicyclic) bond motifs is 3. The SMILES string of the molecule is COC(=O)N1c2ccc3c(nc(Cc4ccccc4)n3C3(C)CCC(C(=O)O)CC3)c2CC[C@@H]1C. The number of aromatic nitrogens is 2. The molecule has 0 bridgehead atoms. The molecule has 1 N–H and O–H groups in total. The Morgan fingerprint density at radius 3 is 2.49 bits per heavy atom. The number of hydrogen-bond acceptors (Lipinski definition) is 4. The molecule has 1 saturated carbocycles. The maximum Gasteiger partial charge on any atom is 0.414 e. The molecule has 7 heteroatoms. The van der Waals surface area contributed by atoms with Gasteiger partial charge in [-0.25, -0.2) is 9.78 Å². The van der Waals surface area contributed by atoms with Crippen molar-refractivity contribution >= 4 is 28.8 Å². The zero-order valence-electron chi connectivity index (χ0n) is 20.7. The summed E-state index contributed by atoms with van der Waals surface area (Å²) in [6, 6.07) is 14.5. The molecule has 0 spiro atoms. The van der Waals surface area contributed by atoms with Crippen LogP contribution in [0, 0.1) is 5.92 Å². The van der Waals surface area contributed by atoms with Crippen LogP contribution in [-0.2, 0) is 27.9 Å². The summed E-state index contributed by atoms with van der Waals surface area (Å²) in [5.41, 5.74) is 4.93. The van der Waals surface area contributed by atoms with Gasteiger partial charge in [0.05, 0.1) is 29.7 Å². The molecule has 0 saturated heterocycles. The molecule has 0 radical (unpaired) electrons. The molecule has 3 aromatic rings. The van der Waals surface area contributed by atoms with Gasteiger partial charge < -0.3 is 14.4 Å². The van der Waals surface area contributed by atoms with E-state index in [1.165, 1.54) is 12.7 Å². The lowest BCUT2D eigenvalue weighted by molar-refractivity contribution is -0.143. The minimum absolute atomic E-state index is 0.0575. The molecule has 5 rings (SSSR count). The van der Waals surface area contributed by atoms with Crippen LogP contribution < -0.4 is 4.90 Å². The van der Waals surface area contributed by atoms with Crippen molar-refractivity contribution in [2.75, 3.05) is 12.0 Å². The molecule has 1 aromatic heterocycles. The second kappa shape index (κ2) is 9.02. The first-order valence-corrected chi connectivity index (χ1v) is 12.5. The van der Waals surface area contributed by atoms with Crippen LogP contribution in [0.3, 0.4) is 0 Å². The molecule has 2 aliphatic rings. The first-order valence-electron chi connectivity index (χ1n) is 12.5. The molecule has 2 aromatic carbocycles. The second-order valence-electron chi connectivity index (χ2n) is 10.3. The van der Waals surface area contributed by atoms with Crippen molar-refractivity contribution in [1.29, 1.82) is 0 Å². The van der Waals surface area contributed by atoms with Crippen LogP contribution >= 0.6 is 0 Å². The number of methoxy groups -OCH3 is 1. The van der Waals surface area contributed by atoms with Gasteiger partial charge in [0.25, 0.3) is 0 Å². The number of carboxylic acid groups (broad SMARTS) is 1. The van der Waals surface area contributed by atoms with E-state index in [-0.39, 0.29) is 23.6 Å². The molecule has 1 fully saturated rings. The van der Waals surface area contributed by atoms with E-state index in [4.69, 9.17) is 9.72 Å². The van der Waals surface area contributed by atoms with E-state index >= 15 is 0 Å². The minimum atomic E-state index is -0.696. The summed E-state index contributed by atoms with van der Waals surface area (Å²) in [6.45, 7) is 4.29. The number of aryl methyl sites for hydroxylation is 1. The maximum atomic E-state index is 12.6. The third kappa shape index (κ3) is 4.07. The van der Waals surface area contributed by atoms with Gasteiger partial charge in [0, 0.05) is 23.6 Å². The van der Waals surface area contributed by atoms with Gasteiger partial charge in [-0.05, 0) is 70.1 Å². The van der Waals surface area contributed by atoms with Crippen molar-refractivity contribution in [3.8, 4) is 0 Å². The van der Waals surface area contributed by atoms with Gasteiger partial charge in [-0.1, -0.05) is 30.3 Å². The first-order chi connectivity index (χ1) is 16.8. The lowest BCUT2D eigenvalue weighted by atomic mass is 9.77. The Morgan fingerprint density at radius 2 is 1.83 bits per heavy atom. The summed E-state index contributed by atoms with van der Waals surface area (Å²) < 4.78 is 7.46. The van der Waals surface area contributed by atoms with E-state index in [9.17, 15) is 14.7 Å². The summed E-state index contributed by atoms with van der Waals surface area (Å²) in [5.74, 6) is 0.00977. The number of nitrogens with zero attached hydrogens (tertiary/aromatic N) is 3. The van der Waals surface area contributed by atoms with Gasteiger partial charge in [-0.2, -0.15) is 0 Å². The predicted octanol–water partition coefficient (Wildman–Crippen LogP) is 5.52. The van der Waals surface area contributed by atoms with Crippen LogP contribution in [0.1, 0.15) is 62.9 Å². The molecule has 35 heavy (non-hydrogen) atoms. The zero-order chi connectivity index (χ0) is 24.7. The van der Waals surface area contributed by atoms with E-state index in [0.717, 1.165) is 53.8 Å². The van der Waals surface area contributed by atoms with E-state index in [0.29, 0.717) is 19.3 Å². The van der Waals surface area contributed by atoms with E-state index in [1.807, 2.05) is 31.2 Å². The smallest absolute Gasteiger partial charge is 0.414 e. The predicted molar refractivity (Wildman–Crippen MR) is 135 cm³/mol. The van der Waals surface area contributed by atoms with Crippen LogP contribution in [-0.4, -0.2) is 39.9 Å². The summed E-state index contributed by atoms with van der Waals surface area (Å²) >= 11 is 0. The standard InChI is InChI=1S/C28H33N3O4/c1-18-9-10-21-22(30(18)27(34)35-3)11-12-23-25(21)29-24(17-19-7-5-4-6-8-19)31(23)28(2)15-13-20(14-16-28)26(32)33/h4-8,11-12,18,20H,9-10,13-17H2,1-3H3,(H,32,33)/t18-,20?,28?/m0/s1. The fourth-order valence-electron chi connectivity index (χ4n) is 6.01. The highest BCUT2D eigenvalue weighted by atomic mass is 16.5. The summed E-state index contributed by atoms with van der Waals surface area (Å²) in [4.78, 5) is 31.2. The third-order valence-corrected chi connectivity index (χ3v) is 8.02. The monoisotopic (exact) mass is 475 g/mol. The highest BCUT2D eigenvalue weighted by molar-refractivity contribution is 5.95. The fraction of sp³-hybridized carbons (Fsp3) is 0.464. The molecule has 2 heterocycles. The first kappa shape index (κ1) is 23.4. The van der Waals surface area contributed by atoms with Crippen LogP contribution in [0.15, 0.2) is 42.5 Å². The number of benzene rings is 2. The lowest BCUT2D eigenvalue weighted by Gasteiger charge is -2.39. The zero-order valence-corrected chi connectivity index (χ0v) is 20.7. The normalized spacial score (nSPS) is 24.3. The highest BCUT2D eigenvalue weighted by Gasteiger charge is 2.39. The minimum Gasteiger partial charge on any atom is -0.481 e. The molecular weight excluding hydrogens is 442 g/mol. The van der Waals surface area contributed by atoms with Gasteiger partial charge >= 0.3 is 12.1 Å². The Labute approximate surface area is 205 Å². The third-order valence-electron chi connectivity index (χ3n) is 8.02. The average molecular weight is 476 g/mol. The van der Waals surface area contributed by atoms with Gasteiger partial charge in [-0.3, -0.25) is 9.69 Å². The molecule has 184 valence electrons. The molecule has 1 aliphatic carbocycles. The summed E-state index contributed by atoms with van der Waals surface area (Å²) in [5, 5.41) is 9.54. The van der Waals surface area contributed by atoms with Gasteiger partial charge in [0.15, 0.2) is 0 Å². The van der Waals surface area contributed by atoms with Crippen molar-refractivity contribution in [1.82, 2.24) is 9.55 Å². The number of amides is 1. The van der Waals surface area contributed by atoms with Gasteiger partial charge in [0.1, 0.15) is 5.82 Å². The van der Waals surface area contributed by atoms with Crippen LogP contribution in [0.4, 0.5) is 10.5 Å². The Bertz CT molecular complexity index is 1260. The van der Waals surface area contributed by atoms with E-state index in [1.54, 1.807) is 4.90 Å². The van der Waals surface area contributed by atoms with Crippen molar-refractivity contribution in [3.05, 3.63) is 59.4 Å². The summed E-state index contributed by atoms with van der Waals surface area (Å²) in [7, 11) is 1.42. The number of carbonyl (C=O) groups is 2. The van der Waals surface area contributed by atoms with Crippen LogP contribution in [0.25, 0.3) is 11.0 Å². The average Bonchev–Trinajstić information content (AvgIpc) is 3.23. The topological polar surface area (TPSA) is 84.7 Å². The number of anilines is 1. The highest BCUT2D eigenvalue weighted by Crippen LogP contribution is 2.43. The molecule has 0 unspecified atom stereocenters. The number of carboxylic acids is 1. The van der Waals surface area contributed by atoms with Crippen molar-refractivity contribution < 1.29 is 19.4 Å². The molecule has 1 aliphatic heterocycles. The Hall–Kier alpha value is -3.35. The molecule has 1 amide bonds. The molecular formula is C28H33N3O4. The Kier molecular flexibility index (Phi) is 6.03. The number of hydrogen-bond donors (Lipinski definition) is 1. The quantitative estimate of drug-likeness (QED) is 0.537. The van der Waals surface area contributed by atoms with Gasteiger partial charge in [-0.15, -0.1) is 0 Å². The number of ether oxygens (including phenoxy) is 1. The van der Waals surface area contributed by atoms with Crippen LogP contribution in [0.2, 0.25) is 0 Å². The lowest BCUT2D eigenvalue weighted by Crippen LogP contribution is -2.42. The fourth-order valence-corrected chi connectivity index (χ4v) is 6.01. The maximum absolute atomic E-state index is 12.6. The molecule has 1 atom stereocenters. The number of rotatable bonds is 4. The number of imidazole rings is 1. The largest absolute Gasteiger partial charge is 0.481 e. The Morgan fingerprint density at radius 1 is 1.11 bits per heavy atom. The van der Waals surface area contributed by atoms with E-state index in [2.05, 4.69) is 29.7 Å². The van der Waals surface area contributed by atoms with Crippen molar-refractivity contribution in [2.24, 2.45) is 5.92 Å². The van der Waals surface area contributed by atoms with Crippen molar-refractivity contribution in [2.45, 2.75) is 70.4 Å². The van der Waals surface area contributed by atoms with E-state index < -0.39 is 5.97 Å². The second-order valence-corrected chi connectivity index (χ2v) is 10.3.